The molecule has 0 aliphatic carbocycles. The van der Waals surface area contributed by atoms with Crippen LogP contribution in [0.15, 0.2) is 48.5 Å². The Morgan fingerprint density at radius 3 is 2.42 bits per heavy atom. The third-order valence-electron chi connectivity index (χ3n) is 3.98. The summed E-state index contributed by atoms with van der Waals surface area (Å²) in [5.74, 6) is -0.270. The molecule has 1 aromatic heterocycles. The number of benzene rings is 2. The molecule has 2 aromatic carbocycles. The van der Waals surface area contributed by atoms with Crippen molar-refractivity contribution in [1.82, 2.24) is 4.98 Å². The van der Waals surface area contributed by atoms with Gasteiger partial charge in [-0.15, -0.1) is 0 Å². The molecule has 2 N–H and O–H groups in total. The Kier molecular flexibility index (Phi) is 4.01. The van der Waals surface area contributed by atoms with Crippen LogP contribution in [0.5, 0.6) is 0 Å². The van der Waals surface area contributed by atoms with Crippen molar-refractivity contribution < 1.29 is 4.39 Å². The molecule has 3 aromatic rings. The minimum Gasteiger partial charge on any atom is -0.383 e. The predicted octanol–water partition coefficient (Wildman–Crippen LogP) is 4.63. The first kappa shape index (κ1) is 15.7. The quantitative estimate of drug-likeness (QED) is 0.750. The third kappa shape index (κ3) is 2.72. The second-order valence-electron chi connectivity index (χ2n) is 5.73. The summed E-state index contributed by atoms with van der Waals surface area (Å²) < 4.78 is 14.1. The summed E-state index contributed by atoms with van der Waals surface area (Å²) in [4.78, 5) is 4.22. The first-order valence-electron chi connectivity index (χ1n) is 7.54. The highest BCUT2D eigenvalue weighted by molar-refractivity contribution is 5.81. The van der Waals surface area contributed by atoms with Crippen LogP contribution in [0.3, 0.4) is 0 Å². The highest BCUT2D eigenvalue weighted by atomic mass is 19.1. The van der Waals surface area contributed by atoms with E-state index in [4.69, 9.17) is 5.73 Å². The Balaban J connectivity index is 2.29. The number of hydrogen-bond donors (Lipinski definition) is 1. The number of nitriles is 1. The fourth-order valence-electron chi connectivity index (χ4n) is 2.82. The Morgan fingerprint density at radius 2 is 1.75 bits per heavy atom. The zero-order valence-electron chi connectivity index (χ0n) is 13.5. The van der Waals surface area contributed by atoms with Gasteiger partial charge in [-0.1, -0.05) is 35.9 Å². The molecule has 118 valence electrons. The second kappa shape index (κ2) is 6.13. The maximum absolute atomic E-state index is 14.1. The van der Waals surface area contributed by atoms with E-state index in [9.17, 15) is 9.65 Å². The summed E-state index contributed by atoms with van der Waals surface area (Å²) in [6.45, 7) is 3.98. The van der Waals surface area contributed by atoms with Crippen LogP contribution in [-0.4, -0.2) is 4.98 Å². The van der Waals surface area contributed by atoms with Gasteiger partial charge < -0.3 is 5.73 Å². The summed E-state index contributed by atoms with van der Waals surface area (Å²) in [7, 11) is 0. The number of nitrogens with zero attached hydrogens (tertiary/aromatic N) is 2. The molecule has 0 aliphatic rings. The van der Waals surface area contributed by atoms with E-state index in [0.29, 0.717) is 22.4 Å². The van der Waals surface area contributed by atoms with Crippen LogP contribution in [0.4, 0.5) is 10.2 Å². The highest BCUT2D eigenvalue weighted by Crippen LogP contribution is 2.33. The molecule has 1 heterocycles. The van der Waals surface area contributed by atoms with Crippen molar-refractivity contribution in [1.29, 1.82) is 5.26 Å². The van der Waals surface area contributed by atoms with Gasteiger partial charge in [-0.05, 0) is 43.2 Å². The molecule has 0 spiro atoms. The number of nitrogen functional groups attached to an aromatic ring is 1. The summed E-state index contributed by atoms with van der Waals surface area (Å²) in [5.41, 5.74) is 10.8. The molecule has 0 aliphatic heterocycles. The monoisotopic (exact) mass is 317 g/mol. The molecule has 0 radical (unpaired) electrons. The van der Waals surface area contributed by atoms with E-state index in [-0.39, 0.29) is 11.6 Å². The van der Waals surface area contributed by atoms with Gasteiger partial charge in [0, 0.05) is 11.1 Å². The smallest absolute Gasteiger partial charge is 0.142 e. The van der Waals surface area contributed by atoms with Crippen molar-refractivity contribution in [2.24, 2.45) is 0 Å². The molecule has 0 saturated carbocycles. The predicted molar refractivity (Wildman–Crippen MR) is 93.7 cm³/mol. The average molecular weight is 317 g/mol. The highest BCUT2D eigenvalue weighted by Gasteiger charge is 2.16. The van der Waals surface area contributed by atoms with Crippen molar-refractivity contribution in [3.8, 4) is 28.5 Å². The SMILES string of the molecule is Cc1ccc(-c2cc(-c3ccccc3F)nc(N)c2C#N)c(C)c1. The Bertz CT molecular complexity index is 971. The standard InChI is InChI=1S/C20H16FN3/c1-12-7-8-14(13(2)9-12)16-10-19(24-20(23)17(16)11-22)15-5-3-4-6-18(15)21/h3-10H,1-2H3,(H2,23,24). The minimum atomic E-state index is -0.374. The lowest BCUT2D eigenvalue weighted by Crippen LogP contribution is -2.01. The van der Waals surface area contributed by atoms with Gasteiger partial charge in [-0.25, -0.2) is 9.37 Å². The largest absolute Gasteiger partial charge is 0.383 e. The number of hydrogen-bond acceptors (Lipinski definition) is 3. The molecular weight excluding hydrogens is 301 g/mol. The van der Waals surface area contributed by atoms with E-state index in [1.807, 2.05) is 32.0 Å². The maximum Gasteiger partial charge on any atom is 0.142 e. The molecule has 0 bridgehead atoms. The normalized spacial score (nSPS) is 10.4. The Labute approximate surface area is 140 Å². The lowest BCUT2D eigenvalue weighted by molar-refractivity contribution is 0.631. The lowest BCUT2D eigenvalue weighted by Gasteiger charge is -2.13. The van der Waals surface area contributed by atoms with Gasteiger partial charge in [-0.2, -0.15) is 5.26 Å². The summed E-state index contributed by atoms with van der Waals surface area (Å²) in [6, 6.07) is 16.2. The Morgan fingerprint density at radius 1 is 1.00 bits per heavy atom. The van der Waals surface area contributed by atoms with E-state index < -0.39 is 0 Å². The zero-order valence-corrected chi connectivity index (χ0v) is 13.5. The van der Waals surface area contributed by atoms with Crippen molar-refractivity contribution in [3.05, 3.63) is 71.0 Å². The fourth-order valence-corrected chi connectivity index (χ4v) is 2.82. The molecule has 3 rings (SSSR count). The Hall–Kier alpha value is -3.19. The number of aryl methyl sites for hydroxylation is 2. The van der Waals surface area contributed by atoms with E-state index >= 15 is 0 Å². The van der Waals surface area contributed by atoms with Gasteiger partial charge in [0.05, 0.1) is 5.69 Å². The average Bonchev–Trinajstić information content (AvgIpc) is 2.54. The van der Waals surface area contributed by atoms with Crippen LogP contribution >= 0.6 is 0 Å². The van der Waals surface area contributed by atoms with E-state index in [1.54, 1.807) is 24.3 Å². The third-order valence-corrected chi connectivity index (χ3v) is 3.98. The summed E-state index contributed by atoms with van der Waals surface area (Å²) in [5, 5.41) is 9.48. The van der Waals surface area contributed by atoms with Gasteiger partial charge >= 0.3 is 0 Å². The first-order chi connectivity index (χ1) is 11.5. The van der Waals surface area contributed by atoms with Crippen molar-refractivity contribution >= 4 is 5.82 Å². The topological polar surface area (TPSA) is 62.7 Å². The fraction of sp³-hybridized carbons (Fsp3) is 0.100. The number of nitrogens with two attached hydrogens (primary N) is 1. The molecule has 0 atom stereocenters. The molecule has 24 heavy (non-hydrogen) atoms. The van der Waals surface area contributed by atoms with E-state index in [2.05, 4.69) is 11.1 Å². The number of anilines is 1. The van der Waals surface area contributed by atoms with Gasteiger partial charge in [0.2, 0.25) is 0 Å². The lowest BCUT2D eigenvalue weighted by atomic mass is 9.94. The van der Waals surface area contributed by atoms with Crippen LogP contribution < -0.4 is 5.73 Å². The molecule has 3 nitrogen and oxygen atoms in total. The first-order valence-corrected chi connectivity index (χ1v) is 7.54. The second-order valence-corrected chi connectivity index (χ2v) is 5.73. The van der Waals surface area contributed by atoms with Crippen LogP contribution in [-0.2, 0) is 0 Å². The summed E-state index contributed by atoms with van der Waals surface area (Å²) in [6.07, 6.45) is 0. The van der Waals surface area contributed by atoms with Crippen LogP contribution in [0.25, 0.3) is 22.4 Å². The van der Waals surface area contributed by atoms with Crippen LogP contribution in [0, 0.1) is 31.0 Å². The number of aromatic nitrogens is 1. The van der Waals surface area contributed by atoms with Gasteiger partial charge in [-0.3, -0.25) is 0 Å². The number of rotatable bonds is 2. The maximum atomic E-state index is 14.1. The number of halogens is 1. The number of pyridine rings is 1. The molecule has 4 heteroatoms. The molecule has 0 unspecified atom stereocenters. The van der Waals surface area contributed by atoms with Crippen molar-refractivity contribution in [3.63, 3.8) is 0 Å². The summed E-state index contributed by atoms with van der Waals surface area (Å²) >= 11 is 0. The molecule has 0 fully saturated rings. The van der Waals surface area contributed by atoms with Crippen molar-refractivity contribution in [2.45, 2.75) is 13.8 Å². The molecule has 0 amide bonds. The van der Waals surface area contributed by atoms with Crippen LogP contribution in [0.1, 0.15) is 16.7 Å². The van der Waals surface area contributed by atoms with Gasteiger partial charge in [0.15, 0.2) is 0 Å². The van der Waals surface area contributed by atoms with Gasteiger partial charge in [0.1, 0.15) is 23.3 Å². The molecule has 0 saturated heterocycles. The molecular formula is C20H16FN3. The van der Waals surface area contributed by atoms with Crippen molar-refractivity contribution in [2.75, 3.05) is 5.73 Å². The zero-order chi connectivity index (χ0) is 17.3. The minimum absolute atomic E-state index is 0.105. The van der Waals surface area contributed by atoms with E-state index in [1.165, 1.54) is 6.07 Å². The van der Waals surface area contributed by atoms with Gasteiger partial charge in [0.25, 0.3) is 0 Å². The van der Waals surface area contributed by atoms with E-state index in [0.717, 1.165) is 16.7 Å². The van der Waals surface area contributed by atoms with Crippen LogP contribution in [0.2, 0.25) is 0 Å².